The summed E-state index contributed by atoms with van der Waals surface area (Å²) < 4.78 is 26.1. The third kappa shape index (κ3) is 6.29. The molecule has 0 spiro atoms. The Hall–Kier alpha value is -2.49. The molecule has 2 rings (SSSR count). The molecule has 154 valence electrons. The first-order chi connectivity index (χ1) is 13.2. The molecule has 0 atom stereocenters. The molecule has 0 saturated heterocycles. The molecule has 0 bridgehead atoms. The Kier molecular flexibility index (Phi) is 7.50. The van der Waals surface area contributed by atoms with Gasteiger partial charge in [-0.3, -0.25) is 9.59 Å². The number of carbonyl (C=O) groups is 2. The van der Waals surface area contributed by atoms with Crippen molar-refractivity contribution in [3.8, 4) is 0 Å². The maximum Gasteiger partial charge on any atom is 0.340 e. The second-order valence-corrected chi connectivity index (χ2v) is 6.91. The zero-order valence-corrected chi connectivity index (χ0v) is 15.8. The number of aromatic amines is 1. The average molecular weight is 419 g/mol. The number of hydrogen-bond acceptors (Lipinski definition) is 4. The minimum Gasteiger partial charge on any atom is -0.358 e. The Morgan fingerprint density at radius 1 is 1.21 bits per heavy atom. The van der Waals surface area contributed by atoms with Gasteiger partial charge in [-0.25, -0.2) is 13.8 Å². The number of H-pyrrole nitrogens is 1. The monoisotopic (exact) mass is 418 g/mol. The van der Waals surface area contributed by atoms with Crippen molar-refractivity contribution in [2.75, 3.05) is 13.1 Å². The quantitative estimate of drug-likeness (QED) is 0.324. The summed E-state index contributed by atoms with van der Waals surface area (Å²) in [6, 6.07) is 1.19. The van der Waals surface area contributed by atoms with Crippen molar-refractivity contribution >= 4 is 29.2 Å². The molecule has 0 aromatic carbocycles. The van der Waals surface area contributed by atoms with Gasteiger partial charge < -0.3 is 20.7 Å². The zero-order valence-electron chi connectivity index (χ0n) is 15.0. The average Bonchev–Trinajstić information content (AvgIpc) is 3.02. The van der Waals surface area contributed by atoms with E-state index < -0.39 is 29.0 Å². The Morgan fingerprint density at radius 3 is 2.39 bits per heavy atom. The number of alkyl halides is 2. The maximum atomic E-state index is 13.0. The third-order valence-corrected chi connectivity index (χ3v) is 4.59. The molecule has 1 aliphatic rings. The van der Waals surface area contributed by atoms with E-state index in [1.807, 2.05) is 0 Å². The second-order valence-electron chi connectivity index (χ2n) is 6.50. The van der Waals surface area contributed by atoms with Gasteiger partial charge in [-0.2, -0.15) is 0 Å². The van der Waals surface area contributed by atoms with Crippen LogP contribution in [-0.4, -0.2) is 40.7 Å². The molecule has 1 aromatic heterocycles. The molecule has 0 aliphatic heterocycles. The molecule has 28 heavy (non-hydrogen) atoms. The van der Waals surface area contributed by atoms with E-state index in [1.54, 1.807) is 0 Å². The molecular weight excluding hydrogens is 398 g/mol. The summed E-state index contributed by atoms with van der Waals surface area (Å²) in [5, 5.41) is 15.9. The van der Waals surface area contributed by atoms with Crippen molar-refractivity contribution in [2.45, 2.75) is 44.4 Å². The SMILES string of the molecule is O=C(NCCCCCNC(=O)c1cc(Cl)c([N+](=O)[O-])[nH]1)C1=CCC(F)(F)CC1. The summed E-state index contributed by atoms with van der Waals surface area (Å²) in [7, 11) is 0. The molecular formula is C17H21ClF2N4O4. The van der Waals surface area contributed by atoms with Gasteiger partial charge in [-0.1, -0.05) is 17.7 Å². The van der Waals surface area contributed by atoms with Crippen LogP contribution in [0.1, 0.15) is 49.0 Å². The molecule has 2 amide bonds. The van der Waals surface area contributed by atoms with Gasteiger partial charge in [0.25, 0.3) is 11.8 Å². The van der Waals surface area contributed by atoms with Crippen LogP contribution in [0.25, 0.3) is 0 Å². The Balaban J connectivity index is 1.59. The lowest BCUT2D eigenvalue weighted by Gasteiger charge is -2.20. The topological polar surface area (TPSA) is 117 Å². The van der Waals surface area contributed by atoms with E-state index >= 15 is 0 Å². The molecule has 11 heteroatoms. The largest absolute Gasteiger partial charge is 0.358 e. The van der Waals surface area contributed by atoms with Crippen LogP contribution < -0.4 is 10.6 Å². The van der Waals surface area contributed by atoms with Crippen LogP contribution in [0.3, 0.4) is 0 Å². The fourth-order valence-electron chi connectivity index (χ4n) is 2.71. The van der Waals surface area contributed by atoms with Crippen molar-refractivity contribution in [1.82, 2.24) is 15.6 Å². The van der Waals surface area contributed by atoms with Gasteiger partial charge >= 0.3 is 5.82 Å². The lowest BCUT2D eigenvalue weighted by atomic mass is 9.96. The van der Waals surface area contributed by atoms with Crippen LogP contribution in [-0.2, 0) is 4.79 Å². The van der Waals surface area contributed by atoms with Crippen LogP contribution in [0.4, 0.5) is 14.6 Å². The van der Waals surface area contributed by atoms with E-state index in [-0.39, 0.29) is 29.5 Å². The van der Waals surface area contributed by atoms with Crippen LogP contribution in [0.2, 0.25) is 5.02 Å². The molecule has 1 aromatic rings. The summed E-state index contributed by atoms with van der Waals surface area (Å²) in [6.07, 6.45) is 2.71. The Labute approximate surface area is 164 Å². The summed E-state index contributed by atoms with van der Waals surface area (Å²) in [5.41, 5.74) is 0.409. The van der Waals surface area contributed by atoms with Gasteiger partial charge in [-0.05, 0) is 30.6 Å². The van der Waals surface area contributed by atoms with E-state index in [9.17, 15) is 28.5 Å². The predicted octanol–water partition coefficient (Wildman–Crippen LogP) is 3.34. The van der Waals surface area contributed by atoms with Crippen molar-refractivity contribution in [1.29, 1.82) is 0 Å². The fourth-order valence-corrected chi connectivity index (χ4v) is 2.94. The van der Waals surface area contributed by atoms with Crippen molar-refractivity contribution < 1.29 is 23.3 Å². The smallest absolute Gasteiger partial charge is 0.340 e. The molecule has 8 nitrogen and oxygen atoms in total. The Morgan fingerprint density at radius 2 is 1.86 bits per heavy atom. The number of hydrogen-bond donors (Lipinski definition) is 3. The predicted molar refractivity (Wildman–Crippen MR) is 98.5 cm³/mol. The highest BCUT2D eigenvalue weighted by Crippen LogP contribution is 2.32. The van der Waals surface area contributed by atoms with Crippen LogP contribution in [0, 0.1) is 10.1 Å². The normalized spacial score (nSPS) is 15.6. The number of rotatable bonds is 9. The van der Waals surface area contributed by atoms with E-state index in [0.717, 1.165) is 6.42 Å². The second kappa shape index (κ2) is 9.63. The summed E-state index contributed by atoms with van der Waals surface area (Å²) in [4.78, 5) is 36.1. The molecule has 0 saturated carbocycles. The highest BCUT2D eigenvalue weighted by Gasteiger charge is 2.32. The maximum absolute atomic E-state index is 13.0. The minimum absolute atomic E-state index is 0.00953. The molecule has 0 fully saturated rings. The van der Waals surface area contributed by atoms with E-state index in [4.69, 9.17) is 11.6 Å². The van der Waals surface area contributed by atoms with Crippen LogP contribution in [0.15, 0.2) is 17.7 Å². The first-order valence-electron chi connectivity index (χ1n) is 8.86. The number of allylic oxidation sites excluding steroid dienone is 1. The number of nitrogens with zero attached hydrogens (tertiary/aromatic N) is 1. The summed E-state index contributed by atoms with van der Waals surface area (Å²) in [6.45, 7) is 0.774. The van der Waals surface area contributed by atoms with Gasteiger partial charge in [0.1, 0.15) is 5.02 Å². The number of halogens is 3. The number of carbonyl (C=O) groups excluding carboxylic acids is 2. The fraction of sp³-hybridized carbons (Fsp3) is 0.529. The molecule has 1 aliphatic carbocycles. The highest BCUT2D eigenvalue weighted by molar-refractivity contribution is 6.33. The van der Waals surface area contributed by atoms with Crippen molar-refractivity contribution in [3.05, 3.63) is 38.5 Å². The van der Waals surface area contributed by atoms with Gasteiger partial charge in [-0.15, -0.1) is 0 Å². The minimum atomic E-state index is -2.72. The first-order valence-corrected chi connectivity index (χ1v) is 9.23. The van der Waals surface area contributed by atoms with Crippen molar-refractivity contribution in [3.63, 3.8) is 0 Å². The molecule has 3 N–H and O–H groups in total. The standard InChI is InChI=1S/C17H21ClF2N4O4/c18-12-10-13(23-14(12)24(27)28)16(26)22-9-3-1-2-8-21-15(25)11-4-6-17(19,20)7-5-11/h4,10,23H,1-3,5-9H2,(H,21,25)(H,22,26). The summed E-state index contributed by atoms with van der Waals surface area (Å²) in [5.74, 6) is -3.96. The lowest BCUT2D eigenvalue weighted by molar-refractivity contribution is -0.389. The van der Waals surface area contributed by atoms with E-state index in [0.29, 0.717) is 31.5 Å². The summed E-state index contributed by atoms with van der Waals surface area (Å²) >= 11 is 5.67. The number of nitrogens with one attached hydrogen (secondary N) is 3. The van der Waals surface area contributed by atoms with E-state index in [2.05, 4.69) is 15.6 Å². The molecule has 1 heterocycles. The van der Waals surface area contributed by atoms with Gasteiger partial charge in [0.2, 0.25) is 5.91 Å². The van der Waals surface area contributed by atoms with Gasteiger partial charge in [0.05, 0.1) is 0 Å². The van der Waals surface area contributed by atoms with Gasteiger partial charge in [0, 0.05) is 37.6 Å². The number of nitro groups is 1. The van der Waals surface area contributed by atoms with Gasteiger partial charge in [0.15, 0.2) is 5.69 Å². The number of unbranched alkanes of at least 4 members (excludes halogenated alkanes) is 2. The lowest BCUT2D eigenvalue weighted by Crippen LogP contribution is -2.29. The van der Waals surface area contributed by atoms with E-state index in [1.165, 1.54) is 12.1 Å². The number of amides is 2. The van der Waals surface area contributed by atoms with Crippen LogP contribution >= 0.6 is 11.6 Å². The van der Waals surface area contributed by atoms with Crippen LogP contribution in [0.5, 0.6) is 0 Å². The third-order valence-electron chi connectivity index (χ3n) is 4.30. The molecule has 0 unspecified atom stereocenters. The number of aromatic nitrogens is 1. The Bertz CT molecular complexity index is 779. The highest BCUT2D eigenvalue weighted by atomic mass is 35.5. The first kappa shape index (κ1) is 21.8. The molecule has 0 radical (unpaired) electrons. The zero-order chi connectivity index (χ0) is 20.7. The van der Waals surface area contributed by atoms with Crippen molar-refractivity contribution in [2.24, 2.45) is 0 Å².